The molecule has 3 fully saturated rings. The first kappa shape index (κ1) is 18.7. The molecule has 0 aromatic carbocycles. The van der Waals surface area contributed by atoms with Crippen molar-refractivity contribution in [1.82, 2.24) is 9.80 Å². The highest BCUT2D eigenvalue weighted by Gasteiger charge is 2.34. The first-order valence-corrected chi connectivity index (χ1v) is 10.3. The first-order valence-electron chi connectivity index (χ1n) is 10.3. The standard InChI is InChI=1S/C20H34N2O3/c23-13-10-16-8-11-21(12-9-16)20(25)18-6-7-19(24)22(15-18)14-17-4-2-1-3-5-17/h16-18,23H,1-15H2/t18-/m1/s1. The van der Waals surface area contributed by atoms with E-state index >= 15 is 0 Å². The molecule has 0 unspecified atom stereocenters. The van der Waals surface area contributed by atoms with Crippen molar-refractivity contribution in [2.24, 2.45) is 17.8 Å². The largest absolute Gasteiger partial charge is 0.396 e. The molecule has 142 valence electrons. The van der Waals surface area contributed by atoms with E-state index in [1.807, 2.05) is 9.80 Å². The highest BCUT2D eigenvalue weighted by Crippen LogP contribution is 2.28. The molecule has 1 atom stereocenters. The summed E-state index contributed by atoms with van der Waals surface area (Å²) in [5, 5.41) is 9.07. The summed E-state index contributed by atoms with van der Waals surface area (Å²) in [6, 6.07) is 0. The zero-order valence-corrected chi connectivity index (χ0v) is 15.5. The Morgan fingerprint density at radius 2 is 1.72 bits per heavy atom. The Morgan fingerprint density at radius 3 is 2.40 bits per heavy atom. The second-order valence-electron chi connectivity index (χ2n) is 8.32. The Balaban J connectivity index is 1.50. The van der Waals surface area contributed by atoms with Crippen LogP contribution < -0.4 is 0 Å². The molecule has 0 aromatic rings. The topological polar surface area (TPSA) is 60.9 Å². The SMILES string of the molecule is O=C1CC[C@@H](C(=O)N2CCC(CCO)CC2)CN1CC1CCCCC1. The van der Waals surface area contributed by atoms with Gasteiger partial charge in [0, 0.05) is 39.2 Å². The average Bonchev–Trinajstić information content (AvgIpc) is 2.65. The van der Waals surface area contributed by atoms with Gasteiger partial charge in [0.2, 0.25) is 11.8 Å². The lowest BCUT2D eigenvalue weighted by atomic mass is 9.87. The first-order chi connectivity index (χ1) is 12.2. The highest BCUT2D eigenvalue weighted by atomic mass is 16.3. The molecule has 5 nitrogen and oxygen atoms in total. The summed E-state index contributed by atoms with van der Waals surface area (Å²) in [5.41, 5.74) is 0. The number of aliphatic hydroxyl groups excluding tert-OH is 1. The van der Waals surface area contributed by atoms with Crippen molar-refractivity contribution < 1.29 is 14.7 Å². The summed E-state index contributed by atoms with van der Waals surface area (Å²) in [5.74, 6) is 1.70. The zero-order chi connectivity index (χ0) is 17.6. The van der Waals surface area contributed by atoms with Gasteiger partial charge in [-0.05, 0) is 50.4 Å². The number of hydrogen-bond donors (Lipinski definition) is 1. The number of aliphatic hydroxyl groups is 1. The minimum atomic E-state index is -0.00400. The Morgan fingerprint density at radius 1 is 1.00 bits per heavy atom. The molecule has 3 aliphatic rings. The summed E-state index contributed by atoms with van der Waals surface area (Å²) >= 11 is 0. The van der Waals surface area contributed by atoms with Crippen LogP contribution in [0.3, 0.4) is 0 Å². The number of carbonyl (C=O) groups excluding carboxylic acids is 2. The van der Waals surface area contributed by atoms with E-state index in [0.29, 0.717) is 24.8 Å². The molecule has 0 aromatic heterocycles. The van der Waals surface area contributed by atoms with Gasteiger partial charge in [-0.25, -0.2) is 0 Å². The van der Waals surface area contributed by atoms with E-state index in [-0.39, 0.29) is 24.3 Å². The van der Waals surface area contributed by atoms with Crippen molar-refractivity contribution in [1.29, 1.82) is 0 Å². The predicted octanol–water partition coefficient (Wildman–Crippen LogP) is 2.43. The second kappa shape index (κ2) is 9.02. The summed E-state index contributed by atoms with van der Waals surface area (Å²) in [4.78, 5) is 29.2. The molecule has 5 heteroatoms. The third-order valence-corrected chi connectivity index (χ3v) is 6.52. The molecule has 0 bridgehead atoms. The van der Waals surface area contributed by atoms with Crippen LogP contribution in [0, 0.1) is 17.8 Å². The van der Waals surface area contributed by atoms with Gasteiger partial charge in [-0.15, -0.1) is 0 Å². The molecule has 2 heterocycles. The third kappa shape index (κ3) is 4.96. The van der Waals surface area contributed by atoms with Crippen LogP contribution >= 0.6 is 0 Å². The van der Waals surface area contributed by atoms with Crippen LogP contribution in [0.15, 0.2) is 0 Å². The number of hydrogen-bond acceptors (Lipinski definition) is 3. The van der Waals surface area contributed by atoms with Crippen molar-refractivity contribution in [3.63, 3.8) is 0 Å². The van der Waals surface area contributed by atoms with Gasteiger partial charge in [-0.3, -0.25) is 9.59 Å². The lowest BCUT2D eigenvalue weighted by molar-refractivity contribution is -0.144. The highest BCUT2D eigenvalue weighted by molar-refractivity contribution is 5.84. The fraction of sp³-hybridized carbons (Fsp3) is 0.900. The quantitative estimate of drug-likeness (QED) is 0.828. The van der Waals surface area contributed by atoms with E-state index in [1.54, 1.807) is 0 Å². The second-order valence-corrected chi connectivity index (χ2v) is 8.32. The van der Waals surface area contributed by atoms with Gasteiger partial charge < -0.3 is 14.9 Å². The van der Waals surface area contributed by atoms with E-state index in [9.17, 15) is 9.59 Å². The van der Waals surface area contributed by atoms with Gasteiger partial charge >= 0.3 is 0 Å². The third-order valence-electron chi connectivity index (χ3n) is 6.52. The fourth-order valence-corrected chi connectivity index (χ4v) is 4.86. The molecule has 3 rings (SSSR count). The number of carbonyl (C=O) groups is 2. The lowest BCUT2D eigenvalue weighted by Gasteiger charge is -2.39. The van der Waals surface area contributed by atoms with Gasteiger partial charge in [0.05, 0.1) is 5.92 Å². The average molecular weight is 351 g/mol. The maximum atomic E-state index is 12.9. The van der Waals surface area contributed by atoms with Crippen LogP contribution in [0.1, 0.15) is 64.2 Å². The number of piperidine rings is 2. The minimum absolute atomic E-state index is 0.00400. The van der Waals surface area contributed by atoms with Crippen molar-refractivity contribution >= 4 is 11.8 Å². The van der Waals surface area contributed by atoms with Crippen LogP contribution in [0.2, 0.25) is 0 Å². The number of nitrogens with zero attached hydrogens (tertiary/aromatic N) is 2. The van der Waals surface area contributed by atoms with Gasteiger partial charge in [-0.1, -0.05) is 19.3 Å². The molecule has 0 spiro atoms. The molecule has 1 N–H and O–H groups in total. The van der Waals surface area contributed by atoms with Crippen LogP contribution in [-0.2, 0) is 9.59 Å². The Hall–Kier alpha value is -1.10. The smallest absolute Gasteiger partial charge is 0.227 e. The number of amides is 2. The Labute approximate surface area is 151 Å². The Bertz CT molecular complexity index is 454. The maximum absolute atomic E-state index is 12.9. The monoisotopic (exact) mass is 350 g/mol. The van der Waals surface area contributed by atoms with Crippen molar-refractivity contribution in [2.75, 3.05) is 32.8 Å². The zero-order valence-electron chi connectivity index (χ0n) is 15.5. The van der Waals surface area contributed by atoms with E-state index in [4.69, 9.17) is 5.11 Å². The number of likely N-dealkylation sites (tertiary alicyclic amines) is 2. The Kier molecular flexibility index (Phi) is 6.74. The van der Waals surface area contributed by atoms with E-state index in [0.717, 1.165) is 45.3 Å². The molecule has 2 saturated heterocycles. The van der Waals surface area contributed by atoms with Crippen LogP contribution in [0.4, 0.5) is 0 Å². The summed E-state index contributed by atoms with van der Waals surface area (Å²) < 4.78 is 0. The van der Waals surface area contributed by atoms with Crippen molar-refractivity contribution in [3.05, 3.63) is 0 Å². The molecule has 1 saturated carbocycles. The van der Waals surface area contributed by atoms with Crippen molar-refractivity contribution in [3.8, 4) is 0 Å². The summed E-state index contributed by atoms with van der Waals surface area (Å²) in [6.07, 6.45) is 10.5. The molecular weight excluding hydrogens is 316 g/mol. The van der Waals surface area contributed by atoms with Crippen molar-refractivity contribution in [2.45, 2.75) is 64.2 Å². The van der Waals surface area contributed by atoms with Gasteiger partial charge in [0.25, 0.3) is 0 Å². The minimum Gasteiger partial charge on any atom is -0.396 e. The fourth-order valence-electron chi connectivity index (χ4n) is 4.86. The van der Waals surface area contributed by atoms with E-state index in [1.165, 1.54) is 32.1 Å². The van der Waals surface area contributed by atoms with Crippen LogP contribution in [0.25, 0.3) is 0 Å². The van der Waals surface area contributed by atoms with E-state index in [2.05, 4.69) is 0 Å². The van der Waals surface area contributed by atoms with Gasteiger partial charge in [-0.2, -0.15) is 0 Å². The molecule has 2 aliphatic heterocycles. The lowest BCUT2D eigenvalue weighted by Crippen LogP contribution is -2.50. The summed E-state index contributed by atoms with van der Waals surface area (Å²) in [7, 11) is 0. The molecule has 25 heavy (non-hydrogen) atoms. The van der Waals surface area contributed by atoms with Crippen LogP contribution in [0.5, 0.6) is 0 Å². The predicted molar refractivity (Wildman–Crippen MR) is 96.9 cm³/mol. The molecule has 0 radical (unpaired) electrons. The molecular formula is C20H34N2O3. The molecule has 2 amide bonds. The molecule has 1 aliphatic carbocycles. The van der Waals surface area contributed by atoms with Gasteiger partial charge in [0.1, 0.15) is 0 Å². The van der Waals surface area contributed by atoms with E-state index < -0.39 is 0 Å². The maximum Gasteiger partial charge on any atom is 0.227 e. The van der Waals surface area contributed by atoms with Crippen LogP contribution in [-0.4, -0.2) is 59.5 Å². The summed E-state index contributed by atoms with van der Waals surface area (Å²) in [6.45, 7) is 3.37. The van der Waals surface area contributed by atoms with Gasteiger partial charge in [0.15, 0.2) is 0 Å². The normalized spacial score (nSPS) is 26.9. The number of rotatable bonds is 5.